The molecular weight excluding hydrogens is 238 g/mol. The van der Waals surface area contributed by atoms with Crippen LogP contribution in [0.3, 0.4) is 0 Å². The lowest BCUT2D eigenvalue weighted by atomic mass is 9.83. The van der Waals surface area contributed by atoms with Crippen LogP contribution in [-0.2, 0) is 11.2 Å². The summed E-state index contributed by atoms with van der Waals surface area (Å²) in [6.07, 6.45) is 4.36. The molecule has 0 saturated heterocycles. The molecule has 1 unspecified atom stereocenters. The molecule has 0 aromatic heterocycles. The molecule has 1 fully saturated rings. The predicted octanol–water partition coefficient (Wildman–Crippen LogP) is 3.02. The number of anilines is 1. The highest BCUT2D eigenvalue weighted by molar-refractivity contribution is 5.96. The van der Waals surface area contributed by atoms with Crippen molar-refractivity contribution in [2.75, 3.05) is 18.6 Å². The average molecular weight is 259 g/mol. The summed E-state index contributed by atoms with van der Waals surface area (Å²) < 4.78 is 5.29. The Morgan fingerprint density at radius 3 is 2.79 bits per heavy atom. The van der Waals surface area contributed by atoms with Crippen LogP contribution in [0.5, 0.6) is 5.75 Å². The molecule has 2 aliphatic rings. The molecule has 0 spiro atoms. The summed E-state index contributed by atoms with van der Waals surface area (Å²) in [5.41, 5.74) is 2.33. The number of carbonyl (C=O) groups excluding carboxylic acids is 1. The molecule has 1 heterocycles. The number of benzene rings is 1. The first-order chi connectivity index (χ1) is 9.19. The van der Waals surface area contributed by atoms with Crippen LogP contribution in [0, 0.1) is 11.8 Å². The molecule has 1 aromatic rings. The van der Waals surface area contributed by atoms with Crippen molar-refractivity contribution >= 4 is 11.6 Å². The third kappa shape index (κ3) is 2.22. The maximum atomic E-state index is 12.5. The van der Waals surface area contributed by atoms with E-state index in [1.165, 1.54) is 12.0 Å². The zero-order valence-corrected chi connectivity index (χ0v) is 11.7. The Labute approximate surface area is 114 Å². The van der Waals surface area contributed by atoms with Crippen LogP contribution < -0.4 is 9.64 Å². The summed E-state index contributed by atoms with van der Waals surface area (Å²) >= 11 is 0. The van der Waals surface area contributed by atoms with Gasteiger partial charge in [-0.2, -0.15) is 0 Å². The normalized spacial score (nSPS) is 22.6. The second-order valence-electron chi connectivity index (χ2n) is 5.88. The van der Waals surface area contributed by atoms with Crippen LogP contribution in [0.1, 0.15) is 31.7 Å². The minimum Gasteiger partial charge on any atom is -0.497 e. The zero-order chi connectivity index (χ0) is 13.4. The lowest BCUT2D eigenvalue weighted by Crippen LogP contribution is -2.44. The van der Waals surface area contributed by atoms with Gasteiger partial charge in [0.25, 0.3) is 0 Å². The molecule has 0 bridgehead atoms. The molecule has 1 atom stereocenters. The van der Waals surface area contributed by atoms with Crippen molar-refractivity contribution in [3.63, 3.8) is 0 Å². The molecule has 1 aromatic carbocycles. The van der Waals surface area contributed by atoms with Gasteiger partial charge >= 0.3 is 0 Å². The highest BCUT2D eigenvalue weighted by atomic mass is 16.5. The standard InChI is InChI=1S/C16H21NO2/c1-11-8-13-9-14(19-2)6-7-15(13)17(10-11)16(18)12-4-3-5-12/h6-7,9,11-12H,3-5,8,10H2,1-2H3. The molecule has 3 rings (SSSR count). The van der Waals surface area contributed by atoms with Gasteiger partial charge in [-0.1, -0.05) is 13.3 Å². The summed E-state index contributed by atoms with van der Waals surface area (Å²) in [5, 5.41) is 0. The first kappa shape index (κ1) is 12.5. The van der Waals surface area contributed by atoms with E-state index in [2.05, 4.69) is 13.0 Å². The number of fused-ring (bicyclic) bond motifs is 1. The molecule has 1 saturated carbocycles. The average Bonchev–Trinajstić information content (AvgIpc) is 2.34. The zero-order valence-electron chi connectivity index (χ0n) is 11.7. The quantitative estimate of drug-likeness (QED) is 0.817. The van der Waals surface area contributed by atoms with E-state index in [-0.39, 0.29) is 5.92 Å². The number of nitrogens with zero attached hydrogens (tertiary/aromatic N) is 1. The first-order valence-electron chi connectivity index (χ1n) is 7.17. The van der Waals surface area contributed by atoms with E-state index in [0.717, 1.165) is 37.2 Å². The predicted molar refractivity (Wildman–Crippen MR) is 75.6 cm³/mol. The minimum absolute atomic E-state index is 0.264. The van der Waals surface area contributed by atoms with Crippen molar-refractivity contribution in [1.29, 1.82) is 0 Å². The van der Waals surface area contributed by atoms with Crippen LogP contribution in [0.15, 0.2) is 18.2 Å². The van der Waals surface area contributed by atoms with Crippen molar-refractivity contribution in [2.45, 2.75) is 32.6 Å². The van der Waals surface area contributed by atoms with Crippen LogP contribution in [-0.4, -0.2) is 19.6 Å². The Balaban J connectivity index is 1.92. The molecule has 0 N–H and O–H groups in total. The number of rotatable bonds is 2. The second-order valence-corrected chi connectivity index (χ2v) is 5.88. The van der Waals surface area contributed by atoms with Gasteiger partial charge in [0.05, 0.1) is 7.11 Å². The van der Waals surface area contributed by atoms with Crippen molar-refractivity contribution in [3.05, 3.63) is 23.8 Å². The van der Waals surface area contributed by atoms with E-state index in [4.69, 9.17) is 4.74 Å². The second kappa shape index (κ2) is 4.87. The maximum absolute atomic E-state index is 12.5. The van der Waals surface area contributed by atoms with E-state index >= 15 is 0 Å². The van der Waals surface area contributed by atoms with Crippen LogP contribution in [0.2, 0.25) is 0 Å². The summed E-state index contributed by atoms with van der Waals surface area (Å²) in [7, 11) is 1.69. The Hall–Kier alpha value is -1.51. The van der Waals surface area contributed by atoms with Crippen LogP contribution in [0.25, 0.3) is 0 Å². The molecule has 102 valence electrons. The molecule has 1 aliphatic carbocycles. The van der Waals surface area contributed by atoms with Gasteiger partial charge in [0.2, 0.25) is 5.91 Å². The Morgan fingerprint density at radius 2 is 2.16 bits per heavy atom. The van der Waals surface area contributed by atoms with Gasteiger partial charge in [-0.05, 0) is 48.9 Å². The Bertz CT molecular complexity index is 494. The fourth-order valence-corrected chi connectivity index (χ4v) is 3.05. The third-order valence-electron chi connectivity index (χ3n) is 4.36. The van der Waals surface area contributed by atoms with Gasteiger partial charge < -0.3 is 9.64 Å². The first-order valence-corrected chi connectivity index (χ1v) is 7.17. The lowest BCUT2D eigenvalue weighted by Gasteiger charge is -2.37. The fourth-order valence-electron chi connectivity index (χ4n) is 3.05. The van der Waals surface area contributed by atoms with Crippen molar-refractivity contribution in [1.82, 2.24) is 0 Å². The van der Waals surface area contributed by atoms with Crippen LogP contribution >= 0.6 is 0 Å². The molecule has 0 radical (unpaired) electrons. The number of methoxy groups -OCH3 is 1. The molecule has 1 aliphatic heterocycles. The van der Waals surface area contributed by atoms with E-state index in [9.17, 15) is 4.79 Å². The smallest absolute Gasteiger partial charge is 0.230 e. The monoisotopic (exact) mass is 259 g/mol. The van der Waals surface area contributed by atoms with E-state index in [0.29, 0.717) is 11.8 Å². The summed E-state index contributed by atoms with van der Waals surface area (Å²) in [6.45, 7) is 3.07. The van der Waals surface area contributed by atoms with Gasteiger partial charge in [-0.3, -0.25) is 4.79 Å². The van der Waals surface area contributed by atoms with Crippen molar-refractivity contribution < 1.29 is 9.53 Å². The number of hydrogen-bond acceptors (Lipinski definition) is 2. The Morgan fingerprint density at radius 1 is 1.37 bits per heavy atom. The summed E-state index contributed by atoms with van der Waals surface area (Å²) in [6, 6.07) is 6.07. The molecular formula is C16H21NO2. The SMILES string of the molecule is COc1ccc2c(c1)CC(C)CN2C(=O)C1CCC1. The van der Waals surface area contributed by atoms with Crippen molar-refractivity contribution in [2.24, 2.45) is 11.8 Å². The van der Waals surface area contributed by atoms with Gasteiger partial charge in [0.15, 0.2) is 0 Å². The molecule has 1 amide bonds. The van der Waals surface area contributed by atoms with Gasteiger partial charge in [-0.25, -0.2) is 0 Å². The largest absolute Gasteiger partial charge is 0.497 e. The number of carbonyl (C=O) groups is 1. The topological polar surface area (TPSA) is 29.5 Å². The maximum Gasteiger partial charge on any atom is 0.230 e. The summed E-state index contributed by atoms with van der Waals surface area (Å²) in [4.78, 5) is 14.5. The van der Waals surface area contributed by atoms with E-state index in [1.807, 2.05) is 17.0 Å². The van der Waals surface area contributed by atoms with Crippen LogP contribution in [0.4, 0.5) is 5.69 Å². The number of hydrogen-bond donors (Lipinski definition) is 0. The number of ether oxygens (including phenoxy) is 1. The Kier molecular flexibility index (Phi) is 3.21. The van der Waals surface area contributed by atoms with Gasteiger partial charge in [-0.15, -0.1) is 0 Å². The van der Waals surface area contributed by atoms with Crippen molar-refractivity contribution in [3.8, 4) is 5.75 Å². The fraction of sp³-hybridized carbons (Fsp3) is 0.562. The van der Waals surface area contributed by atoms with Gasteiger partial charge in [0, 0.05) is 18.2 Å². The van der Waals surface area contributed by atoms with E-state index < -0.39 is 0 Å². The molecule has 3 heteroatoms. The molecule has 19 heavy (non-hydrogen) atoms. The highest BCUT2D eigenvalue weighted by Gasteiger charge is 2.33. The number of amides is 1. The minimum atomic E-state index is 0.264. The van der Waals surface area contributed by atoms with Gasteiger partial charge in [0.1, 0.15) is 5.75 Å². The van der Waals surface area contributed by atoms with E-state index in [1.54, 1.807) is 7.11 Å². The lowest BCUT2D eigenvalue weighted by molar-refractivity contribution is -0.124. The highest BCUT2D eigenvalue weighted by Crippen LogP contribution is 2.36. The third-order valence-corrected chi connectivity index (χ3v) is 4.36. The summed E-state index contributed by atoms with van der Waals surface area (Å²) in [5.74, 6) is 1.98. The molecule has 3 nitrogen and oxygen atoms in total.